The molecule has 1 rings (SSSR count). The third-order valence-corrected chi connectivity index (χ3v) is 3.70. The van der Waals surface area contributed by atoms with Crippen LogP contribution in [0.5, 0.6) is 0 Å². The molecule has 0 fully saturated rings. The van der Waals surface area contributed by atoms with Crippen LogP contribution in [0, 0.1) is 5.41 Å². The molecule has 19 heavy (non-hydrogen) atoms. The van der Waals surface area contributed by atoms with Crippen LogP contribution >= 0.6 is 0 Å². The number of Topliss-reactive ketones (excluding diaryl/α,β-unsaturated/α-hetero) is 1. The van der Waals surface area contributed by atoms with Gasteiger partial charge >= 0.3 is 6.18 Å². The van der Waals surface area contributed by atoms with Crippen LogP contribution in [0.3, 0.4) is 0 Å². The van der Waals surface area contributed by atoms with Crippen molar-refractivity contribution in [3.8, 4) is 0 Å². The first-order valence-electron chi connectivity index (χ1n) is 6.23. The smallest absolute Gasteiger partial charge is 0.329 e. The molecule has 0 aliphatic rings. The number of carbonyl (C=O) groups excluding carboxylic acids is 1. The highest BCUT2D eigenvalue weighted by Crippen LogP contribution is 2.37. The topological polar surface area (TPSA) is 43.1 Å². The highest BCUT2D eigenvalue weighted by atomic mass is 19.4. The molecule has 2 nitrogen and oxygen atoms in total. The van der Waals surface area contributed by atoms with Gasteiger partial charge in [-0.3, -0.25) is 4.79 Å². The molecule has 1 aromatic carbocycles. The fourth-order valence-electron chi connectivity index (χ4n) is 2.17. The molecular formula is C14H18F3NO. The Morgan fingerprint density at radius 3 is 2.11 bits per heavy atom. The lowest BCUT2D eigenvalue weighted by molar-refractivity contribution is -0.138. The minimum absolute atomic E-state index is 0.0467. The Morgan fingerprint density at radius 1 is 1.16 bits per heavy atom. The van der Waals surface area contributed by atoms with E-state index in [1.165, 1.54) is 18.2 Å². The zero-order valence-electron chi connectivity index (χ0n) is 11.1. The van der Waals surface area contributed by atoms with E-state index in [9.17, 15) is 18.0 Å². The molecule has 0 atom stereocenters. The van der Waals surface area contributed by atoms with E-state index in [2.05, 4.69) is 0 Å². The van der Waals surface area contributed by atoms with Crippen molar-refractivity contribution in [2.75, 3.05) is 6.54 Å². The Balaban J connectivity index is 3.35. The standard InChI is InChI=1S/C14H18F3NO/c1-3-13(4-2,9-18)12(19)10-7-5-6-8-11(10)14(15,16)17/h5-8H,3-4,9,18H2,1-2H3. The molecule has 0 bridgehead atoms. The molecule has 1 aromatic rings. The molecule has 0 amide bonds. The average Bonchev–Trinajstić information content (AvgIpc) is 2.40. The van der Waals surface area contributed by atoms with Crippen molar-refractivity contribution in [1.29, 1.82) is 0 Å². The van der Waals surface area contributed by atoms with Crippen LogP contribution in [-0.4, -0.2) is 12.3 Å². The maximum Gasteiger partial charge on any atom is 0.417 e. The summed E-state index contributed by atoms with van der Waals surface area (Å²) >= 11 is 0. The second kappa shape index (κ2) is 5.74. The van der Waals surface area contributed by atoms with E-state index < -0.39 is 22.9 Å². The highest BCUT2D eigenvalue weighted by Gasteiger charge is 2.40. The molecule has 0 unspecified atom stereocenters. The number of hydrogen-bond donors (Lipinski definition) is 1. The summed E-state index contributed by atoms with van der Waals surface area (Å²) in [5, 5.41) is 0. The predicted molar refractivity (Wildman–Crippen MR) is 67.8 cm³/mol. The second-order valence-electron chi connectivity index (χ2n) is 4.56. The van der Waals surface area contributed by atoms with Crippen molar-refractivity contribution in [1.82, 2.24) is 0 Å². The lowest BCUT2D eigenvalue weighted by Crippen LogP contribution is -2.38. The van der Waals surface area contributed by atoms with Gasteiger partial charge in [0.1, 0.15) is 0 Å². The summed E-state index contributed by atoms with van der Waals surface area (Å²) in [6.07, 6.45) is -3.69. The number of benzene rings is 1. The molecule has 0 saturated carbocycles. The summed E-state index contributed by atoms with van der Waals surface area (Å²) in [6, 6.07) is 4.87. The first kappa shape index (κ1) is 15.7. The fourth-order valence-corrected chi connectivity index (χ4v) is 2.17. The minimum atomic E-state index is -4.53. The molecule has 0 radical (unpaired) electrons. The molecule has 0 aromatic heterocycles. The lowest BCUT2D eigenvalue weighted by Gasteiger charge is -2.29. The second-order valence-corrected chi connectivity index (χ2v) is 4.56. The summed E-state index contributed by atoms with van der Waals surface area (Å²) in [6.45, 7) is 3.58. The van der Waals surface area contributed by atoms with Crippen LogP contribution in [0.25, 0.3) is 0 Å². The minimum Gasteiger partial charge on any atom is -0.329 e. The van der Waals surface area contributed by atoms with Crippen LogP contribution < -0.4 is 5.73 Å². The van der Waals surface area contributed by atoms with E-state index in [1.54, 1.807) is 13.8 Å². The average molecular weight is 273 g/mol. The van der Waals surface area contributed by atoms with Gasteiger partial charge in [0, 0.05) is 17.5 Å². The van der Waals surface area contributed by atoms with Gasteiger partial charge in [-0.1, -0.05) is 32.0 Å². The van der Waals surface area contributed by atoms with Crippen molar-refractivity contribution in [2.24, 2.45) is 11.1 Å². The van der Waals surface area contributed by atoms with Gasteiger partial charge in [-0.25, -0.2) is 0 Å². The third-order valence-electron chi connectivity index (χ3n) is 3.70. The largest absolute Gasteiger partial charge is 0.417 e. The van der Waals surface area contributed by atoms with Crippen LogP contribution in [-0.2, 0) is 6.18 Å². The van der Waals surface area contributed by atoms with Gasteiger partial charge in [-0.05, 0) is 18.9 Å². The van der Waals surface area contributed by atoms with Crippen LogP contribution in [0.2, 0.25) is 0 Å². The molecule has 0 saturated heterocycles. The SMILES string of the molecule is CCC(CC)(CN)C(=O)c1ccccc1C(F)(F)F. The molecule has 5 heteroatoms. The Morgan fingerprint density at radius 2 is 1.68 bits per heavy atom. The molecule has 106 valence electrons. The van der Waals surface area contributed by atoms with Gasteiger partial charge in [-0.2, -0.15) is 13.2 Å². The number of halogens is 3. The van der Waals surface area contributed by atoms with E-state index >= 15 is 0 Å². The first-order valence-corrected chi connectivity index (χ1v) is 6.23. The quantitative estimate of drug-likeness (QED) is 0.832. The number of hydrogen-bond acceptors (Lipinski definition) is 2. The Bertz CT molecular complexity index is 442. The summed E-state index contributed by atoms with van der Waals surface area (Å²) in [7, 11) is 0. The fraction of sp³-hybridized carbons (Fsp3) is 0.500. The number of alkyl halides is 3. The molecule has 0 spiro atoms. The van der Waals surface area contributed by atoms with Gasteiger partial charge in [0.25, 0.3) is 0 Å². The van der Waals surface area contributed by atoms with E-state index in [4.69, 9.17) is 5.73 Å². The Labute approximate surface area is 110 Å². The lowest BCUT2D eigenvalue weighted by atomic mass is 9.75. The monoisotopic (exact) mass is 273 g/mol. The van der Waals surface area contributed by atoms with Crippen molar-refractivity contribution in [3.05, 3.63) is 35.4 Å². The number of ketones is 1. The Hall–Kier alpha value is -1.36. The van der Waals surface area contributed by atoms with Gasteiger partial charge in [0.05, 0.1) is 5.56 Å². The maximum absolute atomic E-state index is 12.9. The Kier molecular flexibility index (Phi) is 4.74. The summed E-state index contributed by atoms with van der Waals surface area (Å²) in [5.74, 6) is -0.520. The zero-order valence-corrected chi connectivity index (χ0v) is 11.1. The molecular weight excluding hydrogens is 255 g/mol. The van der Waals surface area contributed by atoms with Crippen molar-refractivity contribution < 1.29 is 18.0 Å². The van der Waals surface area contributed by atoms with Crippen LogP contribution in [0.15, 0.2) is 24.3 Å². The third kappa shape index (κ3) is 2.97. The van der Waals surface area contributed by atoms with Gasteiger partial charge in [-0.15, -0.1) is 0 Å². The molecule has 2 N–H and O–H groups in total. The van der Waals surface area contributed by atoms with Gasteiger partial charge < -0.3 is 5.73 Å². The van der Waals surface area contributed by atoms with E-state index in [0.717, 1.165) is 6.07 Å². The summed E-state index contributed by atoms with van der Waals surface area (Å²) in [5.41, 5.74) is 3.53. The summed E-state index contributed by atoms with van der Waals surface area (Å²) < 4.78 is 38.8. The summed E-state index contributed by atoms with van der Waals surface area (Å²) in [4.78, 5) is 12.4. The van der Waals surface area contributed by atoms with Gasteiger partial charge in [0.2, 0.25) is 0 Å². The van der Waals surface area contributed by atoms with E-state index in [1.807, 2.05) is 0 Å². The van der Waals surface area contributed by atoms with E-state index in [0.29, 0.717) is 12.8 Å². The van der Waals surface area contributed by atoms with Crippen LogP contribution in [0.4, 0.5) is 13.2 Å². The zero-order chi connectivity index (χ0) is 14.7. The highest BCUT2D eigenvalue weighted by molar-refractivity contribution is 6.02. The number of carbonyl (C=O) groups is 1. The van der Waals surface area contributed by atoms with Crippen molar-refractivity contribution in [2.45, 2.75) is 32.9 Å². The number of rotatable bonds is 5. The normalized spacial score (nSPS) is 12.5. The maximum atomic E-state index is 12.9. The van der Waals surface area contributed by atoms with Gasteiger partial charge in [0.15, 0.2) is 5.78 Å². The van der Waals surface area contributed by atoms with E-state index in [-0.39, 0.29) is 12.1 Å². The molecule has 0 aliphatic carbocycles. The molecule has 0 heterocycles. The molecule has 0 aliphatic heterocycles. The van der Waals surface area contributed by atoms with Crippen molar-refractivity contribution >= 4 is 5.78 Å². The number of nitrogens with two attached hydrogens (primary N) is 1. The first-order chi connectivity index (χ1) is 8.82. The predicted octanol–water partition coefficient (Wildman–Crippen LogP) is 3.65. The van der Waals surface area contributed by atoms with Crippen LogP contribution in [0.1, 0.15) is 42.6 Å². The van der Waals surface area contributed by atoms with Crippen molar-refractivity contribution in [3.63, 3.8) is 0 Å².